The van der Waals surface area contributed by atoms with E-state index in [9.17, 15) is 10.1 Å². The minimum absolute atomic E-state index is 0.0833. The molecule has 6 heteroatoms. The standard InChI is InChI=1S/C13H13BrN2O2S/c1-8-5-10(9(2)19-8)7-15-13-4-3-11(16(17)18)6-12(13)14/h3-6,15H,7H2,1-2H3. The molecule has 0 aliphatic heterocycles. The number of thiophene rings is 1. The number of rotatable bonds is 4. The number of nitrogens with zero attached hydrogens (tertiary/aromatic N) is 1. The van der Waals surface area contributed by atoms with Gasteiger partial charge in [0.25, 0.3) is 5.69 Å². The van der Waals surface area contributed by atoms with Gasteiger partial charge < -0.3 is 5.32 Å². The quantitative estimate of drug-likeness (QED) is 0.651. The smallest absolute Gasteiger partial charge is 0.270 e. The van der Waals surface area contributed by atoms with Crippen LogP contribution in [0.3, 0.4) is 0 Å². The molecular formula is C13H13BrN2O2S. The molecule has 1 N–H and O–H groups in total. The van der Waals surface area contributed by atoms with Crippen LogP contribution in [0.15, 0.2) is 28.7 Å². The Kier molecular flexibility index (Phi) is 4.21. The number of non-ortho nitro benzene ring substituents is 1. The zero-order valence-corrected chi connectivity index (χ0v) is 13.0. The van der Waals surface area contributed by atoms with Crippen LogP contribution in [0.5, 0.6) is 0 Å². The average Bonchev–Trinajstić information content (AvgIpc) is 2.66. The molecule has 0 radical (unpaired) electrons. The van der Waals surface area contributed by atoms with Crippen molar-refractivity contribution in [2.24, 2.45) is 0 Å². The molecule has 0 spiro atoms. The Morgan fingerprint density at radius 2 is 2.11 bits per heavy atom. The first-order valence-electron chi connectivity index (χ1n) is 5.71. The van der Waals surface area contributed by atoms with Crippen LogP contribution in [0.25, 0.3) is 0 Å². The predicted octanol–water partition coefficient (Wildman–Crippen LogP) is 4.65. The SMILES string of the molecule is Cc1cc(CNc2ccc([N+](=O)[O-])cc2Br)c(C)s1. The van der Waals surface area contributed by atoms with Crippen molar-refractivity contribution in [3.8, 4) is 0 Å². The molecule has 0 saturated carbocycles. The van der Waals surface area contributed by atoms with Crippen LogP contribution in [0.2, 0.25) is 0 Å². The first kappa shape index (κ1) is 14.0. The molecule has 0 unspecified atom stereocenters. The number of nitrogens with one attached hydrogen (secondary N) is 1. The van der Waals surface area contributed by atoms with E-state index in [0.717, 1.165) is 5.69 Å². The van der Waals surface area contributed by atoms with Gasteiger partial charge in [0.15, 0.2) is 0 Å². The molecule has 0 aliphatic carbocycles. The van der Waals surface area contributed by atoms with E-state index in [1.165, 1.54) is 27.5 Å². The number of anilines is 1. The first-order chi connectivity index (χ1) is 8.97. The molecule has 1 aromatic heterocycles. The van der Waals surface area contributed by atoms with Gasteiger partial charge in [-0.15, -0.1) is 11.3 Å². The van der Waals surface area contributed by atoms with E-state index < -0.39 is 4.92 Å². The Balaban J connectivity index is 2.12. The van der Waals surface area contributed by atoms with Crippen LogP contribution >= 0.6 is 27.3 Å². The van der Waals surface area contributed by atoms with Crippen LogP contribution in [0, 0.1) is 24.0 Å². The Hall–Kier alpha value is -1.40. The number of nitro groups is 1. The summed E-state index contributed by atoms with van der Waals surface area (Å²) in [7, 11) is 0. The summed E-state index contributed by atoms with van der Waals surface area (Å²) in [5, 5.41) is 13.9. The lowest BCUT2D eigenvalue weighted by atomic mass is 10.2. The molecule has 1 heterocycles. The normalized spacial score (nSPS) is 10.5. The second-order valence-corrected chi connectivity index (χ2v) is 6.53. The fourth-order valence-corrected chi connectivity index (χ4v) is 3.26. The minimum atomic E-state index is -0.402. The summed E-state index contributed by atoms with van der Waals surface area (Å²) >= 11 is 5.12. The van der Waals surface area contributed by atoms with Crippen LogP contribution < -0.4 is 5.32 Å². The molecule has 4 nitrogen and oxygen atoms in total. The Morgan fingerprint density at radius 3 is 2.63 bits per heavy atom. The number of hydrogen-bond acceptors (Lipinski definition) is 4. The van der Waals surface area contributed by atoms with Crippen LogP contribution in [-0.2, 0) is 6.54 Å². The summed E-state index contributed by atoms with van der Waals surface area (Å²) in [6, 6.07) is 6.88. The summed E-state index contributed by atoms with van der Waals surface area (Å²) < 4.78 is 0.700. The third-order valence-corrected chi connectivity index (χ3v) is 4.44. The zero-order chi connectivity index (χ0) is 14.0. The molecule has 0 saturated heterocycles. The fraction of sp³-hybridized carbons (Fsp3) is 0.231. The Bertz CT molecular complexity index is 625. The van der Waals surface area contributed by atoms with Gasteiger partial charge in [-0.1, -0.05) is 0 Å². The summed E-state index contributed by atoms with van der Waals surface area (Å²) in [6.07, 6.45) is 0. The molecule has 19 heavy (non-hydrogen) atoms. The maximum atomic E-state index is 10.7. The second kappa shape index (κ2) is 5.71. The summed E-state index contributed by atoms with van der Waals surface area (Å²) in [4.78, 5) is 12.8. The van der Waals surface area contributed by atoms with Crippen molar-refractivity contribution in [1.82, 2.24) is 0 Å². The molecule has 100 valence electrons. The van der Waals surface area contributed by atoms with Gasteiger partial charge in [0, 0.05) is 38.6 Å². The van der Waals surface area contributed by atoms with Crippen molar-refractivity contribution in [3.05, 3.63) is 54.2 Å². The predicted molar refractivity (Wildman–Crippen MR) is 81.9 cm³/mol. The molecule has 2 rings (SSSR count). The van der Waals surface area contributed by atoms with Crippen LogP contribution in [0.4, 0.5) is 11.4 Å². The third kappa shape index (κ3) is 3.33. The molecular weight excluding hydrogens is 328 g/mol. The van der Waals surface area contributed by atoms with E-state index in [0.29, 0.717) is 11.0 Å². The van der Waals surface area contributed by atoms with Crippen molar-refractivity contribution in [1.29, 1.82) is 0 Å². The summed E-state index contributed by atoms with van der Waals surface area (Å²) in [5.41, 5.74) is 2.20. The van der Waals surface area contributed by atoms with Gasteiger partial charge in [-0.05, 0) is 47.5 Å². The summed E-state index contributed by atoms with van der Waals surface area (Å²) in [5.74, 6) is 0. The van der Waals surface area contributed by atoms with E-state index in [2.05, 4.69) is 41.2 Å². The molecule has 0 aliphatic rings. The second-order valence-electron chi connectivity index (χ2n) is 4.21. The highest BCUT2D eigenvalue weighted by Crippen LogP contribution is 2.28. The fourth-order valence-electron chi connectivity index (χ4n) is 1.81. The van der Waals surface area contributed by atoms with Gasteiger partial charge in [-0.3, -0.25) is 10.1 Å². The van der Waals surface area contributed by atoms with Crippen molar-refractivity contribution in [3.63, 3.8) is 0 Å². The van der Waals surface area contributed by atoms with Crippen LogP contribution in [0.1, 0.15) is 15.3 Å². The van der Waals surface area contributed by atoms with E-state index in [4.69, 9.17) is 0 Å². The molecule has 0 amide bonds. The number of aryl methyl sites for hydroxylation is 2. The van der Waals surface area contributed by atoms with E-state index in [1.807, 2.05) is 0 Å². The van der Waals surface area contributed by atoms with Gasteiger partial charge in [0.1, 0.15) is 0 Å². The topological polar surface area (TPSA) is 55.2 Å². The Morgan fingerprint density at radius 1 is 1.37 bits per heavy atom. The van der Waals surface area contributed by atoms with Gasteiger partial charge in [-0.2, -0.15) is 0 Å². The van der Waals surface area contributed by atoms with Crippen molar-refractivity contribution in [2.75, 3.05) is 5.32 Å². The maximum absolute atomic E-state index is 10.7. The summed E-state index contributed by atoms with van der Waals surface area (Å²) in [6.45, 7) is 4.90. The maximum Gasteiger partial charge on any atom is 0.270 e. The van der Waals surface area contributed by atoms with Gasteiger partial charge in [0.05, 0.1) is 4.92 Å². The number of hydrogen-bond donors (Lipinski definition) is 1. The van der Waals surface area contributed by atoms with Crippen molar-refractivity contribution in [2.45, 2.75) is 20.4 Å². The highest BCUT2D eigenvalue weighted by molar-refractivity contribution is 9.10. The lowest BCUT2D eigenvalue weighted by molar-refractivity contribution is -0.384. The van der Waals surface area contributed by atoms with E-state index >= 15 is 0 Å². The molecule has 0 fully saturated rings. The lowest BCUT2D eigenvalue weighted by Gasteiger charge is -2.08. The highest BCUT2D eigenvalue weighted by atomic mass is 79.9. The van der Waals surface area contributed by atoms with Crippen LogP contribution in [-0.4, -0.2) is 4.92 Å². The average molecular weight is 341 g/mol. The minimum Gasteiger partial charge on any atom is -0.380 e. The lowest BCUT2D eigenvalue weighted by Crippen LogP contribution is -2.00. The van der Waals surface area contributed by atoms with E-state index in [1.54, 1.807) is 17.4 Å². The number of halogens is 1. The van der Waals surface area contributed by atoms with Crippen molar-refractivity contribution >= 4 is 38.6 Å². The van der Waals surface area contributed by atoms with Gasteiger partial charge >= 0.3 is 0 Å². The molecule has 0 atom stereocenters. The first-order valence-corrected chi connectivity index (χ1v) is 7.32. The zero-order valence-electron chi connectivity index (χ0n) is 10.6. The number of nitro benzene ring substituents is 1. The largest absolute Gasteiger partial charge is 0.380 e. The monoisotopic (exact) mass is 340 g/mol. The highest BCUT2D eigenvalue weighted by Gasteiger charge is 2.09. The number of benzene rings is 1. The third-order valence-electron chi connectivity index (χ3n) is 2.78. The molecule has 1 aromatic carbocycles. The van der Waals surface area contributed by atoms with Gasteiger partial charge in [0.2, 0.25) is 0 Å². The Labute approximate surface area is 123 Å². The van der Waals surface area contributed by atoms with Gasteiger partial charge in [-0.25, -0.2) is 0 Å². The van der Waals surface area contributed by atoms with E-state index in [-0.39, 0.29) is 5.69 Å². The van der Waals surface area contributed by atoms with Crippen molar-refractivity contribution < 1.29 is 4.92 Å². The molecule has 2 aromatic rings. The molecule has 0 bridgehead atoms.